The van der Waals surface area contributed by atoms with Crippen LogP contribution < -0.4 is 23.8 Å². The Morgan fingerprint density at radius 3 is 1.87 bits per heavy atom. The largest absolute Gasteiger partial charge is 0.493 e. The van der Waals surface area contributed by atoms with Crippen LogP contribution in [0.25, 0.3) is 0 Å². The molecule has 0 aliphatic carbocycles. The number of anilines is 1. The second-order valence-electron chi connectivity index (χ2n) is 8.74. The Morgan fingerprint density at radius 2 is 1.33 bits per heavy atom. The minimum atomic E-state index is -0.0209. The lowest BCUT2D eigenvalue weighted by atomic mass is 10.1. The van der Waals surface area contributed by atoms with Crippen molar-refractivity contribution in [2.24, 2.45) is 0 Å². The fourth-order valence-electron chi connectivity index (χ4n) is 3.79. The van der Waals surface area contributed by atoms with E-state index in [2.05, 4.69) is 9.97 Å². The lowest BCUT2D eigenvalue weighted by molar-refractivity contribution is -0.127. The summed E-state index contributed by atoms with van der Waals surface area (Å²) in [5.74, 6) is 3.61. The molecule has 11 heteroatoms. The molecule has 0 saturated heterocycles. The standard InChI is InChI=1S/C28H35ClN4O5S/c1-32(13-11-19-7-9-21(35-3)23(15-19)37-5)26-17-25(29)30-28(31-26)39-18-27(34)33(2)14-12-20-8-10-22(36-4)24(16-20)38-6/h7-10,15-17H,11-14,18H2,1-6H3. The van der Waals surface area contributed by atoms with E-state index < -0.39 is 0 Å². The normalized spacial score (nSPS) is 10.6. The number of amides is 1. The van der Waals surface area contributed by atoms with E-state index in [-0.39, 0.29) is 11.7 Å². The highest BCUT2D eigenvalue weighted by atomic mass is 35.5. The number of ether oxygens (including phenoxy) is 4. The summed E-state index contributed by atoms with van der Waals surface area (Å²) in [4.78, 5) is 25.4. The zero-order valence-electron chi connectivity index (χ0n) is 23.2. The maximum absolute atomic E-state index is 12.8. The molecule has 0 aliphatic rings. The molecule has 3 aromatic rings. The van der Waals surface area contributed by atoms with E-state index in [4.69, 9.17) is 30.5 Å². The number of rotatable bonds is 14. The van der Waals surface area contributed by atoms with E-state index >= 15 is 0 Å². The number of hydrogen-bond acceptors (Lipinski definition) is 9. The highest BCUT2D eigenvalue weighted by molar-refractivity contribution is 7.99. The third-order valence-electron chi connectivity index (χ3n) is 6.17. The first kappa shape index (κ1) is 30.2. The molecule has 0 aliphatic heterocycles. The van der Waals surface area contributed by atoms with Crippen LogP contribution in [0.15, 0.2) is 47.6 Å². The Kier molecular flexibility index (Phi) is 11.4. The van der Waals surface area contributed by atoms with Gasteiger partial charge in [-0.3, -0.25) is 4.79 Å². The summed E-state index contributed by atoms with van der Waals surface area (Å²) >= 11 is 7.56. The average Bonchev–Trinajstić information content (AvgIpc) is 2.96. The summed E-state index contributed by atoms with van der Waals surface area (Å²) in [7, 11) is 10.2. The molecule has 1 amide bonds. The third kappa shape index (κ3) is 8.56. The number of halogens is 1. The average molecular weight is 575 g/mol. The van der Waals surface area contributed by atoms with Crippen LogP contribution >= 0.6 is 23.4 Å². The molecular formula is C28H35ClN4O5S. The van der Waals surface area contributed by atoms with Gasteiger partial charge in [-0.2, -0.15) is 0 Å². The number of aromatic nitrogens is 2. The van der Waals surface area contributed by atoms with Gasteiger partial charge in [0.15, 0.2) is 28.2 Å². The minimum Gasteiger partial charge on any atom is -0.493 e. The van der Waals surface area contributed by atoms with Crippen LogP contribution in [-0.4, -0.2) is 82.2 Å². The molecule has 210 valence electrons. The molecule has 0 saturated carbocycles. The molecule has 1 heterocycles. The summed E-state index contributed by atoms with van der Waals surface area (Å²) in [6.07, 6.45) is 1.46. The molecule has 0 bridgehead atoms. The Labute approximate surface area is 239 Å². The topological polar surface area (TPSA) is 86.3 Å². The lowest BCUT2D eigenvalue weighted by Gasteiger charge is -2.20. The molecule has 0 radical (unpaired) electrons. The minimum absolute atomic E-state index is 0.0209. The molecule has 0 atom stereocenters. The maximum atomic E-state index is 12.8. The molecule has 0 unspecified atom stereocenters. The zero-order valence-corrected chi connectivity index (χ0v) is 24.8. The van der Waals surface area contributed by atoms with Gasteiger partial charge < -0.3 is 28.7 Å². The summed E-state index contributed by atoms with van der Waals surface area (Å²) in [6.45, 7) is 1.26. The zero-order chi connectivity index (χ0) is 28.4. The van der Waals surface area contributed by atoms with E-state index in [1.807, 2.05) is 48.3 Å². The van der Waals surface area contributed by atoms with Gasteiger partial charge in [0.1, 0.15) is 11.0 Å². The second-order valence-corrected chi connectivity index (χ2v) is 10.1. The van der Waals surface area contributed by atoms with Gasteiger partial charge in [-0.25, -0.2) is 9.97 Å². The molecule has 9 nitrogen and oxygen atoms in total. The number of carbonyl (C=O) groups is 1. The van der Waals surface area contributed by atoms with Crippen molar-refractivity contribution < 1.29 is 23.7 Å². The monoisotopic (exact) mass is 574 g/mol. The molecule has 0 fully saturated rings. The van der Waals surface area contributed by atoms with Crippen molar-refractivity contribution in [1.82, 2.24) is 14.9 Å². The number of nitrogens with zero attached hydrogens (tertiary/aromatic N) is 4. The predicted molar refractivity (Wildman–Crippen MR) is 155 cm³/mol. The lowest BCUT2D eigenvalue weighted by Crippen LogP contribution is -2.30. The highest BCUT2D eigenvalue weighted by Crippen LogP contribution is 2.29. The van der Waals surface area contributed by atoms with E-state index in [9.17, 15) is 4.79 Å². The smallest absolute Gasteiger partial charge is 0.232 e. The molecular weight excluding hydrogens is 540 g/mol. The molecule has 3 rings (SSSR count). The van der Waals surface area contributed by atoms with Crippen LogP contribution in [0.5, 0.6) is 23.0 Å². The number of thioether (sulfide) groups is 1. The van der Waals surface area contributed by atoms with Crippen molar-refractivity contribution in [3.63, 3.8) is 0 Å². The van der Waals surface area contributed by atoms with E-state index in [1.165, 1.54) is 11.8 Å². The number of hydrogen-bond donors (Lipinski definition) is 0. The molecule has 39 heavy (non-hydrogen) atoms. The fourth-order valence-corrected chi connectivity index (χ4v) is 4.81. The maximum Gasteiger partial charge on any atom is 0.232 e. The van der Waals surface area contributed by atoms with E-state index in [0.29, 0.717) is 58.6 Å². The summed E-state index contributed by atoms with van der Waals surface area (Å²) in [5.41, 5.74) is 2.16. The Balaban J connectivity index is 1.54. The van der Waals surface area contributed by atoms with Crippen LogP contribution in [-0.2, 0) is 17.6 Å². The highest BCUT2D eigenvalue weighted by Gasteiger charge is 2.14. The number of benzene rings is 2. The van der Waals surface area contributed by atoms with Crippen LogP contribution in [0.2, 0.25) is 5.15 Å². The van der Waals surface area contributed by atoms with Crippen molar-refractivity contribution in [1.29, 1.82) is 0 Å². The van der Waals surface area contributed by atoms with Crippen LogP contribution in [0, 0.1) is 0 Å². The summed E-state index contributed by atoms with van der Waals surface area (Å²) < 4.78 is 21.4. The number of likely N-dealkylation sites (N-methyl/N-ethyl adjacent to an activating group) is 2. The second kappa shape index (κ2) is 14.7. The number of methoxy groups -OCH3 is 4. The SMILES string of the molecule is COc1ccc(CCN(C)C(=O)CSc2nc(Cl)cc(N(C)CCc3ccc(OC)c(OC)c3)n2)cc1OC. The summed E-state index contributed by atoms with van der Waals surface area (Å²) in [5, 5.41) is 0.784. The molecule has 2 aromatic carbocycles. The van der Waals surface area contributed by atoms with E-state index in [1.54, 1.807) is 46.5 Å². The first-order valence-electron chi connectivity index (χ1n) is 12.3. The Hall–Kier alpha value is -3.37. The molecule has 1 aromatic heterocycles. The van der Waals surface area contributed by atoms with Gasteiger partial charge in [0.25, 0.3) is 0 Å². The fraction of sp³-hybridized carbons (Fsp3) is 0.393. The first-order chi connectivity index (χ1) is 18.8. The number of carbonyl (C=O) groups excluding carboxylic acids is 1. The van der Waals surface area contributed by atoms with Crippen LogP contribution in [0.4, 0.5) is 5.82 Å². The van der Waals surface area contributed by atoms with Gasteiger partial charge in [-0.05, 0) is 48.2 Å². The van der Waals surface area contributed by atoms with Crippen molar-refractivity contribution in [3.8, 4) is 23.0 Å². The van der Waals surface area contributed by atoms with Crippen LogP contribution in [0.3, 0.4) is 0 Å². The van der Waals surface area contributed by atoms with Gasteiger partial charge in [0, 0.05) is 33.3 Å². The van der Waals surface area contributed by atoms with Gasteiger partial charge in [0.05, 0.1) is 34.2 Å². The van der Waals surface area contributed by atoms with Gasteiger partial charge in [-0.1, -0.05) is 35.5 Å². The van der Waals surface area contributed by atoms with Gasteiger partial charge >= 0.3 is 0 Å². The third-order valence-corrected chi connectivity index (χ3v) is 7.20. The van der Waals surface area contributed by atoms with Crippen molar-refractivity contribution in [3.05, 3.63) is 58.7 Å². The van der Waals surface area contributed by atoms with Crippen molar-refractivity contribution in [2.75, 3.05) is 66.3 Å². The summed E-state index contributed by atoms with van der Waals surface area (Å²) in [6, 6.07) is 13.4. The molecule has 0 spiro atoms. The van der Waals surface area contributed by atoms with E-state index in [0.717, 1.165) is 17.5 Å². The predicted octanol–water partition coefficient (Wildman–Crippen LogP) is 4.64. The van der Waals surface area contributed by atoms with Gasteiger partial charge in [0.2, 0.25) is 5.91 Å². The molecule has 0 N–H and O–H groups in total. The Morgan fingerprint density at radius 1 is 0.795 bits per heavy atom. The van der Waals surface area contributed by atoms with Crippen LogP contribution in [0.1, 0.15) is 11.1 Å². The quantitative estimate of drug-likeness (QED) is 0.155. The first-order valence-corrected chi connectivity index (χ1v) is 13.7. The van der Waals surface area contributed by atoms with Gasteiger partial charge in [-0.15, -0.1) is 0 Å². The Bertz CT molecular complexity index is 1260. The van der Waals surface area contributed by atoms with Crippen molar-refractivity contribution >= 4 is 35.1 Å². The van der Waals surface area contributed by atoms with Crippen molar-refractivity contribution in [2.45, 2.75) is 18.0 Å².